The molecule has 7 nitrogen and oxygen atoms in total. The number of carbonyl (C=O) groups excluding carboxylic acids is 2. The van der Waals surface area contributed by atoms with Crippen LogP contribution in [-0.4, -0.2) is 48.2 Å². The van der Waals surface area contributed by atoms with Gasteiger partial charge in [0.05, 0.1) is 38.5 Å². The Bertz CT molecular complexity index is 1800. The molecule has 2 heterocycles. The summed E-state index contributed by atoms with van der Waals surface area (Å²) in [6.07, 6.45) is -0.503. The molecule has 0 unspecified atom stereocenters. The van der Waals surface area contributed by atoms with Crippen molar-refractivity contribution >= 4 is 62.7 Å². The zero-order valence-corrected chi connectivity index (χ0v) is 32.6. The van der Waals surface area contributed by atoms with Crippen molar-refractivity contribution < 1.29 is 24.2 Å². The van der Waals surface area contributed by atoms with Crippen LogP contribution in [0.5, 0.6) is 5.75 Å². The largest absolute Gasteiger partial charge is 0.497 e. The van der Waals surface area contributed by atoms with E-state index in [9.17, 15) is 9.90 Å². The van der Waals surface area contributed by atoms with Gasteiger partial charge in [-0.15, -0.1) is 0 Å². The van der Waals surface area contributed by atoms with Gasteiger partial charge in [-0.05, 0) is 110 Å². The highest BCUT2D eigenvalue weighted by Gasteiger charge is 2.66. The number of ether oxygens (including phenoxy) is 2. The van der Waals surface area contributed by atoms with Crippen LogP contribution in [0.2, 0.25) is 0 Å². The molecular formula is C40H42I2N2O5. The molecule has 49 heavy (non-hydrogen) atoms. The van der Waals surface area contributed by atoms with E-state index in [-0.39, 0.29) is 43.2 Å². The number of hydrogen-bond acceptors (Lipinski definition) is 5. The summed E-state index contributed by atoms with van der Waals surface area (Å²) in [6, 6.07) is 32.2. The molecular weight excluding hydrogens is 842 g/mol. The van der Waals surface area contributed by atoms with Gasteiger partial charge in [-0.25, -0.2) is 0 Å². The SMILES string of the molecule is COc1ccc(C(C)(C)[C@@H]2[C@@H](CC(=O)N(CCO)Cc3ccccc3)O[C@]3(C(=O)N(Cc4ccc(I)cc4)c4ccc(I)cc43)[C@H]2C)cc1. The minimum absolute atomic E-state index is 0.0762. The Kier molecular flexibility index (Phi) is 10.7. The summed E-state index contributed by atoms with van der Waals surface area (Å²) in [4.78, 5) is 32.8. The third kappa shape index (κ3) is 6.88. The minimum Gasteiger partial charge on any atom is -0.497 e. The van der Waals surface area contributed by atoms with Crippen molar-refractivity contribution in [2.75, 3.05) is 25.2 Å². The third-order valence-electron chi connectivity index (χ3n) is 10.4. The van der Waals surface area contributed by atoms with E-state index in [1.54, 1.807) is 12.0 Å². The van der Waals surface area contributed by atoms with Crippen LogP contribution in [0.1, 0.15) is 49.4 Å². The van der Waals surface area contributed by atoms with Crippen molar-refractivity contribution in [1.82, 2.24) is 4.90 Å². The van der Waals surface area contributed by atoms with Gasteiger partial charge in [0, 0.05) is 37.6 Å². The molecule has 2 amide bonds. The Morgan fingerprint density at radius 2 is 1.63 bits per heavy atom. The van der Waals surface area contributed by atoms with Crippen LogP contribution in [0.4, 0.5) is 5.69 Å². The van der Waals surface area contributed by atoms with Gasteiger partial charge in [0.15, 0.2) is 5.60 Å². The lowest BCUT2D eigenvalue weighted by Crippen LogP contribution is -2.45. The first-order valence-electron chi connectivity index (χ1n) is 16.6. The molecule has 0 aliphatic carbocycles. The first-order chi connectivity index (χ1) is 23.5. The molecule has 2 aliphatic heterocycles. The van der Waals surface area contributed by atoms with Crippen molar-refractivity contribution in [1.29, 1.82) is 0 Å². The van der Waals surface area contributed by atoms with E-state index in [1.807, 2.05) is 59.5 Å². The summed E-state index contributed by atoms with van der Waals surface area (Å²) in [6.45, 7) is 7.34. The van der Waals surface area contributed by atoms with Crippen LogP contribution in [0.3, 0.4) is 0 Å². The Balaban J connectivity index is 1.42. The summed E-state index contributed by atoms with van der Waals surface area (Å²) in [5, 5.41) is 9.96. The number of methoxy groups -OCH3 is 1. The summed E-state index contributed by atoms with van der Waals surface area (Å²) in [5.41, 5.74) is 3.01. The Morgan fingerprint density at radius 3 is 2.29 bits per heavy atom. The summed E-state index contributed by atoms with van der Waals surface area (Å²) in [7, 11) is 1.65. The van der Waals surface area contributed by atoms with Crippen LogP contribution >= 0.6 is 45.2 Å². The zero-order chi connectivity index (χ0) is 34.9. The minimum atomic E-state index is -1.28. The van der Waals surface area contributed by atoms with Gasteiger partial charge in [0.1, 0.15) is 5.75 Å². The van der Waals surface area contributed by atoms with E-state index in [2.05, 4.69) is 108 Å². The molecule has 1 spiro atoms. The Morgan fingerprint density at radius 1 is 0.959 bits per heavy atom. The summed E-state index contributed by atoms with van der Waals surface area (Å²) >= 11 is 4.59. The predicted octanol–water partition coefficient (Wildman–Crippen LogP) is 7.69. The Hall–Kier alpha value is -3.00. The lowest BCUT2D eigenvalue weighted by molar-refractivity contribution is -0.150. The van der Waals surface area contributed by atoms with Gasteiger partial charge in [0.25, 0.3) is 5.91 Å². The number of fused-ring (bicyclic) bond motifs is 2. The number of aliphatic hydroxyl groups is 1. The molecule has 1 fully saturated rings. The number of anilines is 1. The number of amides is 2. The molecule has 0 radical (unpaired) electrons. The average molecular weight is 885 g/mol. The van der Waals surface area contributed by atoms with Crippen molar-refractivity contribution in [2.24, 2.45) is 11.8 Å². The van der Waals surface area contributed by atoms with Gasteiger partial charge in [-0.2, -0.15) is 0 Å². The quantitative estimate of drug-likeness (QED) is 0.157. The average Bonchev–Trinajstić information content (AvgIpc) is 3.51. The number of benzene rings is 4. The fourth-order valence-corrected chi connectivity index (χ4v) is 8.78. The molecule has 4 aromatic rings. The van der Waals surface area contributed by atoms with E-state index in [0.29, 0.717) is 13.1 Å². The maximum absolute atomic E-state index is 15.0. The monoisotopic (exact) mass is 884 g/mol. The Labute approximate surface area is 316 Å². The lowest BCUT2D eigenvalue weighted by atomic mass is 9.63. The number of halogens is 2. The zero-order valence-electron chi connectivity index (χ0n) is 28.2. The van der Waals surface area contributed by atoms with E-state index in [1.165, 1.54) is 0 Å². The first kappa shape index (κ1) is 35.8. The number of rotatable bonds is 11. The van der Waals surface area contributed by atoms with E-state index >= 15 is 4.79 Å². The molecule has 2 aliphatic rings. The normalized spacial score (nSPS) is 21.7. The lowest BCUT2D eigenvalue weighted by Gasteiger charge is -2.39. The van der Waals surface area contributed by atoms with Gasteiger partial charge >= 0.3 is 0 Å². The molecule has 0 saturated carbocycles. The highest BCUT2D eigenvalue weighted by molar-refractivity contribution is 14.1. The number of hydrogen-bond donors (Lipinski definition) is 1. The molecule has 0 bridgehead atoms. The maximum atomic E-state index is 15.0. The number of aliphatic hydroxyl groups excluding tert-OH is 1. The van der Waals surface area contributed by atoms with Gasteiger partial charge in [0.2, 0.25) is 5.91 Å². The number of nitrogens with zero attached hydrogens (tertiary/aromatic N) is 2. The standard InChI is InChI=1S/C40H42I2N2O5/c1-26-37(39(2,3)29-12-17-32(48-4)18-13-29)35(23-36(46)43(20-21-45)24-27-8-6-5-7-9-27)49-40(26)33-22-31(42)16-19-34(33)44(38(40)47)25-28-10-14-30(41)15-11-28/h5-19,22,26,35,37,45H,20-21,23-25H2,1-4H3/t26-,35+,37-,40+/m0/s1. The molecule has 0 aromatic heterocycles. The summed E-state index contributed by atoms with van der Waals surface area (Å²) in [5.74, 6) is 0.0449. The fraction of sp³-hybridized carbons (Fsp3) is 0.350. The first-order valence-corrected chi connectivity index (χ1v) is 18.8. The molecule has 1 N–H and O–H groups in total. The molecule has 4 aromatic carbocycles. The maximum Gasteiger partial charge on any atom is 0.264 e. The van der Waals surface area contributed by atoms with Crippen LogP contribution in [0.25, 0.3) is 0 Å². The topological polar surface area (TPSA) is 79.3 Å². The fourth-order valence-electron chi connectivity index (χ4n) is 7.93. The smallest absolute Gasteiger partial charge is 0.264 e. The van der Waals surface area contributed by atoms with Crippen molar-refractivity contribution in [2.45, 2.75) is 57.4 Å². The van der Waals surface area contributed by atoms with Crippen LogP contribution in [-0.2, 0) is 38.4 Å². The highest BCUT2D eigenvalue weighted by Crippen LogP contribution is 2.60. The van der Waals surface area contributed by atoms with E-state index in [4.69, 9.17) is 9.47 Å². The van der Waals surface area contributed by atoms with E-state index < -0.39 is 17.1 Å². The second-order valence-corrected chi connectivity index (χ2v) is 16.1. The third-order valence-corrected chi connectivity index (χ3v) is 11.8. The van der Waals surface area contributed by atoms with E-state index in [0.717, 1.165) is 40.8 Å². The molecule has 256 valence electrons. The molecule has 9 heteroatoms. The molecule has 4 atom stereocenters. The van der Waals surface area contributed by atoms with Crippen LogP contribution < -0.4 is 9.64 Å². The van der Waals surface area contributed by atoms with Crippen molar-refractivity contribution in [3.05, 3.63) is 126 Å². The van der Waals surface area contributed by atoms with Crippen molar-refractivity contribution in [3.63, 3.8) is 0 Å². The summed E-state index contributed by atoms with van der Waals surface area (Å²) < 4.78 is 14.8. The van der Waals surface area contributed by atoms with Gasteiger partial charge < -0.3 is 24.4 Å². The van der Waals surface area contributed by atoms with Gasteiger partial charge in [-0.1, -0.05) is 75.4 Å². The van der Waals surface area contributed by atoms with Gasteiger partial charge in [-0.3, -0.25) is 9.59 Å². The molecule has 1 saturated heterocycles. The molecule has 6 rings (SSSR count). The second-order valence-electron chi connectivity index (χ2n) is 13.6. The second kappa shape index (κ2) is 14.7. The van der Waals surface area contributed by atoms with Crippen molar-refractivity contribution in [3.8, 4) is 5.75 Å². The number of carbonyl (C=O) groups is 2. The van der Waals surface area contributed by atoms with Crippen LogP contribution in [0, 0.1) is 19.0 Å². The predicted molar refractivity (Wildman–Crippen MR) is 208 cm³/mol. The highest BCUT2D eigenvalue weighted by atomic mass is 127. The van der Waals surface area contributed by atoms with Crippen LogP contribution in [0.15, 0.2) is 97.1 Å².